The lowest BCUT2D eigenvalue weighted by Crippen LogP contribution is -2.23. The molecule has 0 spiro atoms. The van der Waals surface area contributed by atoms with Crippen LogP contribution in [0.25, 0.3) is 0 Å². The van der Waals surface area contributed by atoms with Gasteiger partial charge in [0.2, 0.25) is 0 Å². The Labute approximate surface area is 130 Å². The van der Waals surface area contributed by atoms with Gasteiger partial charge in [0, 0.05) is 11.1 Å². The summed E-state index contributed by atoms with van der Waals surface area (Å²) in [6, 6.07) is 14.5. The van der Waals surface area contributed by atoms with Gasteiger partial charge in [0.25, 0.3) is 0 Å². The number of rotatable bonds is 2. The first kappa shape index (κ1) is 13.4. The average Bonchev–Trinajstić information content (AvgIpc) is 2.60. The Hall–Kier alpha value is -2.29. The predicted octanol–water partition coefficient (Wildman–Crippen LogP) is 4.38. The van der Waals surface area contributed by atoms with Gasteiger partial charge in [-0.25, -0.2) is 4.99 Å². The monoisotopic (exact) mass is 293 g/mol. The molecule has 4 rings (SSSR count). The molecule has 0 N–H and O–H groups in total. The number of aliphatic imine (C=N–C) groups is 1. The van der Waals surface area contributed by atoms with E-state index in [1.807, 2.05) is 18.2 Å². The summed E-state index contributed by atoms with van der Waals surface area (Å²) in [5, 5.41) is 0. The molecular weight excluding hydrogens is 274 g/mol. The molecule has 2 aliphatic rings. The minimum absolute atomic E-state index is 0.202. The molecule has 1 aliphatic carbocycles. The summed E-state index contributed by atoms with van der Waals surface area (Å²) in [6.07, 6.45) is 3.33. The molecule has 1 heterocycles. The molecule has 0 saturated heterocycles. The van der Waals surface area contributed by atoms with Crippen molar-refractivity contribution >= 4 is 11.6 Å². The number of aryl methyl sites for hydroxylation is 1. The van der Waals surface area contributed by atoms with E-state index in [2.05, 4.69) is 24.3 Å². The van der Waals surface area contributed by atoms with Gasteiger partial charge in [0.1, 0.15) is 12.4 Å². The van der Waals surface area contributed by atoms with E-state index in [1.165, 1.54) is 11.1 Å². The maximum Gasteiger partial charge on any atom is 0.196 e. The van der Waals surface area contributed by atoms with Crippen LogP contribution in [0.2, 0.25) is 0 Å². The number of hydrogen-bond donors (Lipinski definition) is 0. The number of hydrogen-bond acceptors (Lipinski definition) is 3. The van der Waals surface area contributed by atoms with E-state index in [4.69, 9.17) is 14.5 Å². The van der Waals surface area contributed by atoms with Crippen molar-refractivity contribution in [2.24, 2.45) is 4.99 Å². The second-order valence-corrected chi connectivity index (χ2v) is 5.85. The highest BCUT2D eigenvalue weighted by Crippen LogP contribution is 2.41. The summed E-state index contributed by atoms with van der Waals surface area (Å²) in [6.45, 7) is 0.607. The fourth-order valence-corrected chi connectivity index (χ4v) is 3.49. The molecule has 0 amide bonds. The summed E-state index contributed by atoms with van der Waals surface area (Å²) in [5.41, 5.74) is 4.81. The number of nitrogens with zero attached hydrogens (tertiary/aromatic N) is 1. The van der Waals surface area contributed by atoms with E-state index in [1.54, 1.807) is 7.11 Å². The second-order valence-electron chi connectivity index (χ2n) is 5.85. The molecular formula is C19H19NO2. The summed E-state index contributed by atoms with van der Waals surface area (Å²) in [7, 11) is 1.74. The van der Waals surface area contributed by atoms with Gasteiger partial charge in [-0.15, -0.1) is 0 Å². The van der Waals surface area contributed by atoms with Gasteiger partial charge in [-0.3, -0.25) is 0 Å². The minimum Gasteiger partial charge on any atom is -0.496 e. The van der Waals surface area contributed by atoms with E-state index >= 15 is 0 Å². The van der Waals surface area contributed by atoms with Gasteiger partial charge in [-0.2, -0.15) is 0 Å². The highest BCUT2D eigenvalue weighted by atomic mass is 16.5. The maximum atomic E-state index is 5.99. The molecule has 3 heteroatoms. The fraction of sp³-hybridized carbons (Fsp3) is 0.316. The van der Waals surface area contributed by atoms with Crippen molar-refractivity contribution in [2.45, 2.75) is 31.8 Å². The van der Waals surface area contributed by atoms with Crippen LogP contribution in [-0.4, -0.2) is 13.0 Å². The topological polar surface area (TPSA) is 30.8 Å². The van der Waals surface area contributed by atoms with Crippen molar-refractivity contribution in [3.63, 3.8) is 0 Å². The average molecular weight is 293 g/mol. The van der Waals surface area contributed by atoms with Crippen LogP contribution in [0.5, 0.6) is 5.75 Å². The summed E-state index contributed by atoms with van der Waals surface area (Å²) >= 11 is 0. The van der Waals surface area contributed by atoms with E-state index in [0.29, 0.717) is 6.61 Å². The van der Waals surface area contributed by atoms with Crippen molar-refractivity contribution in [2.75, 3.05) is 7.11 Å². The van der Waals surface area contributed by atoms with E-state index < -0.39 is 0 Å². The SMILES string of the molecule is COc1cccc2c1C(C1=Nc3ccccc3CO1)CCC2. The second kappa shape index (κ2) is 5.48. The molecule has 22 heavy (non-hydrogen) atoms. The number of para-hydroxylation sites is 1. The number of ether oxygens (including phenoxy) is 2. The Morgan fingerprint density at radius 3 is 2.86 bits per heavy atom. The fourth-order valence-electron chi connectivity index (χ4n) is 3.49. The van der Waals surface area contributed by atoms with Gasteiger partial charge >= 0.3 is 0 Å². The standard InChI is InChI=1S/C19H19NO2/c1-21-17-11-5-8-13-7-4-9-15(18(13)17)19-20-16-10-3-2-6-14(16)12-22-19/h2-3,5-6,8,10-11,15H,4,7,9,12H2,1H3. The molecule has 0 fully saturated rings. The molecule has 0 saturated carbocycles. The van der Waals surface area contributed by atoms with Crippen LogP contribution in [0.3, 0.4) is 0 Å². The van der Waals surface area contributed by atoms with Crippen molar-refractivity contribution in [1.29, 1.82) is 0 Å². The lowest BCUT2D eigenvalue weighted by molar-refractivity contribution is 0.268. The van der Waals surface area contributed by atoms with Crippen LogP contribution in [0.15, 0.2) is 47.5 Å². The molecule has 0 aromatic heterocycles. The van der Waals surface area contributed by atoms with Crippen LogP contribution in [-0.2, 0) is 17.8 Å². The maximum absolute atomic E-state index is 5.99. The Balaban J connectivity index is 1.79. The predicted molar refractivity (Wildman–Crippen MR) is 87.0 cm³/mol. The molecule has 2 aromatic carbocycles. The first-order valence-corrected chi connectivity index (χ1v) is 7.82. The molecule has 0 radical (unpaired) electrons. The molecule has 3 nitrogen and oxygen atoms in total. The van der Waals surface area contributed by atoms with Crippen LogP contribution < -0.4 is 4.74 Å². The molecule has 2 aromatic rings. The first-order valence-electron chi connectivity index (χ1n) is 7.82. The number of methoxy groups -OCH3 is 1. The largest absolute Gasteiger partial charge is 0.496 e. The normalized spacial score (nSPS) is 19.5. The van der Waals surface area contributed by atoms with E-state index in [0.717, 1.165) is 42.2 Å². The summed E-state index contributed by atoms with van der Waals surface area (Å²) < 4.78 is 11.6. The summed E-state index contributed by atoms with van der Waals surface area (Å²) in [5.74, 6) is 1.99. The molecule has 1 atom stereocenters. The Bertz CT molecular complexity index is 722. The number of fused-ring (bicyclic) bond motifs is 2. The van der Waals surface area contributed by atoms with Crippen molar-refractivity contribution < 1.29 is 9.47 Å². The smallest absolute Gasteiger partial charge is 0.196 e. The van der Waals surface area contributed by atoms with Gasteiger partial charge in [0.05, 0.1) is 18.7 Å². The van der Waals surface area contributed by atoms with Crippen LogP contribution in [0, 0.1) is 0 Å². The molecule has 0 bridgehead atoms. The van der Waals surface area contributed by atoms with Crippen LogP contribution in [0.4, 0.5) is 5.69 Å². The minimum atomic E-state index is 0.202. The highest BCUT2D eigenvalue weighted by Gasteiger charge is 2.30. The molecule has 112 valence electrons. The zero-order valence-electron chi connectivity index (χ0n) is 12.7. The lowest BCUT2D eigenvalue weighted by atomic mass is 9.81. The Morgan fingerprint density at radius 1 is 1.09 bits per heavy atom. The third-order valence-electron chi connectivity index (χ3n) is 4.56. The zero-order chi connectivity index (χ0) is 14.9. The van der Waals surface area contributed by atoms with Gasteiger partial charge in [0.15, 0.2) is 5.90 Å². The van der Waals surface area contributed by atoms with Crippen molar-refractivity contribution in [1.82, 2.24) is 0 Å². The van der Waals surface area contributed by atoms with Gasteiger partial charge in [-0.1, -0.05) is 30.3 Å². The third kappa shape index (κ3) is 2.17. The van der Waals surface area contributed by atoms with Crippen LogP contribution in [0.1, 0.15) is 35.4 Å². The third-order valence-corrected chi connectivity index (χ3v) is 4.56. The molecule has 1 aliphatic heterocycles. The van der Waals surface area contributed by atoms with E-state index in [-0.39, 0.29) is 5.92 Å². The Morgan fingerprint density at radius 2 is 1.95 bits per heavy atom. The van der Waals surface area contributed by atoms with E-state index in [9.17, 15) is 0 Å². The Kier molecular flexibility index (Phi) is 3.34. The van der Waals surface area contributed by atoms with Crippen molar-refractivity contribution in [3.05, 3.63) is 59.2 Å². The summed E-state index contributed by atoms with van der Waals surface area (Å²) in [4.78, 5) is 4.78. The van der Waals surface area contributed by atoms with Gasteiger partial charge < -0.3 is 9.47 Å². The highest BCUT2D eigenvalue weighted by molar-refractivity contribution is 5.89. The zero-order valence-corrected chi connectivity index (χ0v) is 12.7. The first-order chi connectivity index (χ1) is 10.9. The quantitative estimate of drug-likeness (QED) is 0.823. The number of benzene rings is 2. The van der Waals surface area contributed by atoms with Gasteiger partial charge in [-0.05, 0) is 37.0 Å². The molecule has 1 unspecified atom stereocenters. The van der Waals surface area contributed by atoms with Crippen molar-refractivity contribution in [3.8, 4) is 5.75 Å². The lowest BCUT2D eigenvalue weighted by Gasteiger charge is -2.29. The van der Waals surface area contributed by atoms with Crippen LogP contribution >= 0.6 is 0 Å².